The number of nitrogens with two attached hydrogens (primary N) is 1. The molecule has 1 aliphatic rings. The van der Waals surface area contributed by atoms with E-state index in [-0.39, 0.29) is 0 Å². The lowest BCUT2D eigenvalue weighted by Gasteiger charge is -2.44. The van der Waals surface area contributed by atoms with Crippen LogP contribution in [0, 0.1) is 0 Å². The lowest BCUT2D eigenvalue weighted by atomic mass is 9.88. The van der Waals surface area contributed by atoms with Gasteiger partial charge in [0.1, 0.15) is 0 Å². The fourth-order valence-electron chi connectivity index (χ4n) is 2.06. The molecule has 78 valence electrons. The van der Waals surface area contributed by atoms with Crippen LogP contribution in [0.25, 0.3) is 0 Å². The third-order valence-corrected chi connectivity index (χ3v) is 3.22. The molecule has 2 N–H and O–H groups in total. The van der Waals surface area contributed by atoms with Crippen LogP contribution in [0.3, 0.4) is 0 Å². The van der Waals surface area contributed by atoms with E-state index < -0.39 is 0 Å². The van der Waals surface area contributed by atoms with Crippen molar-refractivity contribution in [3.05, 3.63) is 0 Å². The molecule has 1 aliphatic heterocycles. The molecule has 0 aromatic rings. The molecule has 0 saturated carbocycles. The van der Waals surface area contributed by atoms with Gasteiger partial charge in [-0.15, -0.1) is 0 Å². The predicted octanol–water partition coefficient (Wildman–Crippen LogP) is 1.99. The van der Waals surface area contributed by atoms with Gasteiger partial charge in [-0.25, -0.2) is 0 Å². The van der Waals surface area contributed by atoms with Crippen LogP contribution < -0.4 is 5.73 Å². The van der Waals surface area contributed by atoms with Crippen molar-refractivity contribution in [3.63, 3.8) is 0 Å². The molecule has 0 radical (unpaired) electrons. The minimum absolute atomic E-state index is 0.380. The lowest BCUT2D eigenvalue weighted by Crippen LogP contribution is -2.54. The monoisotopic (exact) mass is 184 g/mol. The summed E-state index contributed by atoms with van der Waals surface area (Å²) < 4.78 is 0. The van der Waals surface area contributed by atoms with Crippen molar-refractivity contribution in [2.45, 2.75) is 58.0 Å². The minimum Gasteiger partial charge on any atom is -0.327 e. The highest BCUT2D eigenvalue weighted by atomic mass is 15.2. The molecule has 0 bridgehead atoms. The van der Waals surface area contributed by atoms with E-state index in [0.29, 0.717) is 11.6 Å². The summed E-state index contributed by atoms with van der Waals surface area (Å²) >= 11 is 0. The maximum atomic E-state index is 5.98. The molecule has 1 atom stereocenters. The first-order chi connectivity index (χ1) is 6.06. The average Bonchev–Trinajstić information content (AvgIpc) is 2.07. The van der Waals surface area contributed by atoms with E-state index in [4.69, 9.17) is 5.73 Å². The molecule has 1 heterocycles. The van der Waals surface area contributed by atoms with Gasteiger partial charge in [-0.3, -0.25) is 4.90 Å². The molecule has 0 aromatic heterocycles. The summed E-state index contributed by atoms with van der Waals surface area (Å²) in [7, 11) is 0. The quantitative estimate of drug-likeness (QED) is 0.727. The second-order valence-electron chi connectivity index (χ2n) is 4.91. The zero-order valence-electron chi connectivity index (χ0n) is 9.34. The van der Waals surface area contributed by atoms with Crippen molar-refractivity contribution in [3.8, 4) is 0 Å². The molecule has 0 aliphatic carbocycles. The van der Waals surface area contributed by atoms with Gasteiger partial charge in [0.05, 0.1) is 0 Å². The van der Waals surface area contributed by atoms with Gasteiger partial charge in [-0.05, 0) is 39.7 Å². The molecule has 2 heteroatoms. The fraction of sp³-hybridized carbons (Fsp3) is 1.00. The number of rotatable bonds is 3. The summed E-state index contributed by atoms with van der Waals surface area (Å²) in [6, 6.07) is 0.407. The Morgan fingerprint density at radius 2 is 2.15 bits per heavy atom. The van der Waals surface area contributed by atoms with Gasteiger partial charge < -0.3 is 5.73 Å². The van der Waals surface area contributed by atoms with Gasteiger partial charge in [0, 0.05) is 18.1 Å². The van der Waals surface area contributed by atoms with Crippen molar-refractivity contribution < 1.29 is 0 Å². The van der Waals surface area contributed by atoms with E-state index >= 15 is 0 Å². The summed E-state index contributed by atoms with van der Waals surface area (Å²) in [5.41, 5.74) is 6.36. The minimum atomic E-state index is 0.380. The second-order valence-corrected chi connectivity index (χ2v) is 4.91. The second kappa shape index (κ2) is 4.43. The van der Waals surface area contributed by atoms with E-state index in [9.17, 15) is 0 Å². The molecule has 2 nitrogen and oxygen atoms in total. The normalized spacial score (nSPS) is 29.1. The number of piperidine rings is 1. The van der Waals surface area contributed by atoms with Crippen LogP contribution in [0.1, 0.15) is 46.5 Å². The Bertz CT molecular complexity index is 154. The number of unbranched alkanes of at least 4 members (excludes halogenated alkanes) is 1. The largest absolute Gasteiger partial charge is 0.327 e. The summed E-state index contributed by atoms with van der Waals surface area (Å²) in [6.45, 7) is 9.24. The highest BCUT2D eigenvalue weighted by molar-refractivity contribution is 4.89. The van der Waals surface area contributed by atoms with Crippen LogP contribution in [0.15, 0.2) is 0 Å². The molecule has 13 heavy (non-hydrogen) atoms. The smallest absolute Gasteiger partial charge is 0.0168 e. The third-order valence-electron chi connectivity index (χ3n) is 3.22. The topological polar surface area (TPSA) is 29.3 Å². The van der Waals surface area contributed by atoms with E-state index in [1.165, 1.54) is 32.2 Å². The molecule has 1 fully saturated rings. The third kappa shape index (κ3) is 2.96. The van der Waals surface area contributed by atoms with Crippen molar-refractivity contribution in [2.24, 2.45) is 5.73 Å². The van der Waals surface area contributed by atoms with Gasteiger partial charge in [0.25, 0.3) is 0 Å². The van der Waals surface area contributed by atoms with Gasteiger partial charge in [-0.2, -0.15) is 0 Å². The Morgan fingerprint density at radius 3 is 2.77 bits per heavy atom. The van der Waals surface area contributed by atoms with Crippen LogP contribution in [-0.2, 0) is 0 Å². The van der Waals surface area contributed by atoms with Crippen LogP contribution in [0.5, 0.6) is 0 Å². The van der Waals surface area contributed by atoms with Crippen molar-refractivity contribution >= 4 is 0 Å². The van der Waals surface area contributed by atoms with Crippen molar-refractivity contribution in [1.29, 1.82) is 0 Å². The van der Waals surface area contributed by atoms with E-state index in [0.717, 1.165) is 6.54 Å². The van der Waals surface area contributed by atoms with Crippen molar-refractivity contribution in [2.75, 3.05) is 13.1 Å². The number of nitrogens with zero attached hydrogens (tertiary/aromatic N) is 1. The summed E-state index contributed by atoms with van der Waals surface area (Å²) in [5, 5.41) is 0. The molecule has 1 unspecified atom stereocenters. The fourth-order valence-corrected chi connectivity index (χ4v) is 2.06. The predicted molar refractivity (Wildman–Crippen MR) is 57.8 cm³/mol. The standard InChI is InChI=1S/C11H24N2/c1-4-5-8-13-9-10(12)6-7-11(13,2)3/h10H,4-9,12H2,1-3H3. The Balaban J connectivity index is 2.46. The SMILES string of the molecule is CCCCN1CC(N)CCC1(C)C. The summed E-state index contributed by atoms with van der Waals surface area (Å²) in [5.74, 6) is 0. The number of likely N-dealkylation sites (tertiary alicyclic amines) is 1. The first kappa shape index (κ1) is 11.0. The molecule has 1 saturated heterocycles. The Morgan fingerprint density at radius 1 is 1.46 bits per heavy atom. The molecular formula is C11H24N2. The highest BCUT2D eigenvalue weighted by Gasteiger charge is 2.31. The lowest BCUT2D eigenvalue weighted by molar-refractivity contribution is 0.0649. The molecule has 0 spiro atoms. The van der Waals surface area contributed by atoms with E-state index in [1.807, 2.05) is 0 Å². The van der Waals surface area contributed by atoms with Crippen LogP contribution in [-0.4, -0.2) is 29.6 Å². The number of hydrogen-bond donors (Lipinski definition) is 1. The maximum absolute atomic E-state index is 5.98. The zero-order chi connectivity index (χ0) is 9.90. The molecule has 0 amide bonds. The van der Waals surface area contributed by atoms with E-state index in [2.05, 4.69) is 25.7 Å². The first-order valence-corrected chi connectivity index (χ1v) is 5.57. The van der Waals surface area contributed by atoms with Gasteiger partial charge in [0.2, 0.25) is 0 Å². The zero-order valence-corrected chi connectivity index (χ0v) is 9.34. The van der Waals surface area contributed by atoms with E-state index in [1.54, 1.807) is 0 Å². The summed E-state index contributed by atoms with van der Waals surface area (Å²) in [6.07, 6.45) is 5.02. The summed E-state index contributed by atoms with van der Waals surface area (Å²) in [4.78, 5) is 2.56. The molecule has 0 aromatic carbocycles. The van der Waals surface area contributed by atoms with Gasteiger partial charge in [0.15, 0.2) is 0 Å². The molecule has 1 rings (SSSR count). The Kier molecular flexibility index (Phi) is 3.74. The van der Waals surface area contributed by atoms with Crippen molar-refractivity contribution in [1.82, 2.24) is 4.90 Å². The van der Waals surface area contributed by atoms with Crippen LogP contribution in [0.2, 0.25) is 0 Å². The Hall–Kier alpha value is -0.0800. The first-order valence-electron chi connectivity index (χ1n) is 5.57. The molecular weight excluding hydrogens is 160 g/mol. The Labute approximate surface area is 82.5 Å². The highest BCUT2D eigenvalue weighted by Crippen LogP contribution is 2.26. The van der Waals surface area contributed by atoms with Crippen LogP contribution >= 0.6 is 0 Å². The van der Waals surface area contributed by atoms with Crippen LogP contribution in [0.4, 0.5) is 0 Å². The average molecular weight is 184 g/mol. The number of hydrogen-bond acceptors (Lipinski definition) is 2. The maximum Gasteiger partial charge on any atom is 0.0168 e. The van der Waals surface area contributed by atoms with Gasteiger partial charge in [-0.1, -0.05) is 13.3 Å². The van der Waals surface area contributed by atoms with Gasteiger partial charge >= 0.3 is 0 Å².